The average Bonchev–Trinajstić information content (AvgIpc) is 0.811. The Kier molecular flexibility index (Phi) is 24.5. The molecule has 0 unspecified atom stereocenters. The van der Waals surface area contributed by atoms with Crippen LogP contribution in [-0.2, 0) is 0 Å². The molecule has 0 spiro atoms. The second kappa shape index (κ2) is 8.93. The van der Waals surface area contributed by atoms with Crippen molar-refractivity contribution in [1.82, 2.24) is 0 Å². The van der Waals surface area contributed by atoms with E-state index in [9.17, 15) is 0 Å². The van der Waals surface area contributed by atoms with Gasteiger partial charge in [0.05, 0.1) is 0 Å². The molecule has 0 bridgehead atoms. The third kappa shape index (κ3) is 3120. The van der Waals surface area contributed by atoms with Crippen LogP contribution in [0.3, 0.4) is 0 Å². The Bertz CT molecular complexity index is 30.5. The molecule has 0 fully saturated rings. The van der Waals surface area contributed by atoms with E-state index in [0.29, 0.717) is 0 Å². The molecule has 0 rings (SSSR count). The molecule has 0 aromatic heterocycles. The van der Waals surface area contributed by atoms with Gasteiger partial charge in [-0.05, 0) is 0 Å². The minimum atomic E-state index is -1.83. The third-order valence-electron chi connectivity index (χ3n) is 0. The van der Waals surface area contributed by atoms with E-state index in [2.05, 4.69) is 0 Å². The topological polar surface area (TPSA) is 89.0 Å². The van der Waals surface area contributed by atoms with E-state index >= 15 is 0 Å². The Balaban J connectivity index is -0.0000000450. The molecule has 0 saturated heterocycles. The van der Waals surface area contributed by atoms with Gasteiger partial charge in [0.25, 0.3) is 0 Å². The van der Waals surface area contributed by atoms with E-state index in [1.54, 1.807) is 0 Å². The molecule has 6 heavy (non-hydrogen) atoms. The number of carboxylic acid groups (broad SMARTS) is 2. The molecule has 0 saturated carbocycles. The van der Waals surface area contributed by atoms with Crippen molar-refractivity contribution >= 4 is 32.4 Å². The summed E-state index contributed by atoms with van der Waals surface area (Å²) in [6.07, 6.45) is -1.83. The first-order chi connectivity index (χ1) is 1.73. The summed E-state index contributed by atoms with van der Waals surface area (Å²) in [6, 6.07) is 0. The first kappa shape index (κ1) is 16.5. The summed E-state index contributed by atoms with van der Waals surface area (Å²) in [4.78, 5) is 8.56. The Morgan fingerprint density at radius 3 is 1.33 bits per heavy atom. The standard InChI is InChI=1S/CH2O3.Bi.H2O.3H/c2-1(3)4;;;;;/h(H2,2,3,4);;1H2;;;. The van der Waals surface area contributed by atoms with Gasteiger partial charge in [-0.3, -0.25) is 0 Å². The van der Waals surface area contributed by atoms with Gasteiger partial charge in [0.1, 0.15) is 0 Å². The van der Waals surface area contributed by atoms with Gasteiger partial charge in [0, 0.05) is 0 Å². The van der Waals surface area contributed by atoms with Gasteiger partial charge >= 0.3 is 32.4 Å². The monoisotopic (exact) mass is 292 g/mol. The van der Waals surface area contributed by atoms with Gasteiger partial charge < -0.3 is 15.7 Å². The summed E-state index contributed by atoms with van der Waals surface area (Å²) in [6.45, 7) is 0. The molecule has 4 N–H and O–H groups in total. The number of rotatable bonds is 0. The predicted octanol–water partition coefficient (Wildman–Crippen LogP) is -1.79. The van der Waals surface area contributed by atoms with Crippen LogP contribution in [0.15, 0.2) is 0 Å². The van der Waals surface area contributed by atoms with Gasteiger partial charge in [-0.2, -0.15) is 0 Å². The van der Waals surface area contributed by atoms with Crippen molar-refractivity contribution in [3.8, 4) is 0 Å². The molecule has 5 heteroatoms. The van der Waals surface area contributed by atoms with Crippen LogP contribution in [0.5, 0.6) is 0 Å². The van der Waals surface area contributed by atoms with Gasteiger partial charge in [0.2, 0.25) is 0 Å². The quantitative estimate of drug-likeness (QED) is 0.517. The Hall–Kier alpha value is 0.113. The minimum absolute atomic E-state index is 0. The fourth-order valence-corrected chi connectivity index (χ4v) is 0. The molecule has 0 atom stereocenters. The van der Waals surface area contributed by atoms with E-state index in [4.69, 9.17) is 15.0 Å². The zero-order valence-electron chi connectivity index (χ0n) is 3.01. The Morgan fingerprint density at radius 1 is 1.33 bits per heavy atom. The molecule has 4 nitrogen and oxygen atoms in total. The van der Waals surface area contributed by atoms with Crippen LogP contribution < -0.4 is 0 Å². The summed E-state index contributed by atoms with van der Waals surface area (Å²) in [5, 5.41) is 13.9. The van der Waals surface area contributed by atoms with Crippen LogP contribution in [0, 0.1) is 0 Å². The summed E-state index contributed by atoms with van der Waals surface area (Å²) in [5.74, 6) is 0. The van der Waals surface area contributed by atoms with Crippen LogP contribution in [0.4, 0.5) is 4.79 Å². The van der Waals surface area contributed by atoms with Crippen LogP contribution in [-0.4, -0.2) is 48.0 Å². The van der Waals surface area contributed by atoms with Crippen molar-refractivity contribution in [2.24, 2.45) is 0 Å². The SMILES string of the molecule is O.O=C(O)O.[BiH3]. The normalized spacial score (nSPS) is 4.00. The zero-order chi connectivity index (χ0) is 3.58. The van der Waals surface area contributed by atoms with Crippen LogP contribution in [0.1, 0.15) is 0 Å². The summed E-state index contributed by atoms with van der Waals surface area (Å²) in [5.41, 5.74) is 0. The van der Waals surface area contributed by atoms with E-state index in [1.165, 1.54) is 0 Å². The summed E-state index contributed by atoms with van der Waals surface area (Å²) >= 11 is 0. The predicted molar refractivity (Wildman–Crippen MR) is 24.2 cm³/mol. The van der Waals surface area contributed by atoms with Crippen LogP contribution in [0.25, 0.3) is 0 Å². The van der Waals surface area contributed by atoms with E-state index in [-0.39, 0.29) is 31.7 Å². The van der Waals surface area contributed by atoms with E-state index in [0.717, 1.165) is 0 Å². The molecular formula is CH7BiO4. The van der Waals surface area contributed by atoms with E-state index < -0.39 is 6.16 Å². The van der Waals surface area contributed by atoms with Crippen molar-refractivity contribution in [2.45, 2.75) is 0 Å². The summed E-state index contributed by atoms with van der Waals surface area (Å²) in [7, 11) is 0. The maximum absolute atomic E-state index is 8.56. The van der Waals surface area contributed by atoms with E-state index in [1.807, 2.05) is 0 Å². The van der Waals surface area contributed by atoms with Gasteiger partial charge in [0.15, 0.2) is 0 Å². The maximum atomic E-state index is 8.56. The molecular weight excluding hydrogens is 285 g/mol. The Morgan fingerprint density at radius 2 is 1.33 bits per heavy atom. The molecule has 0 aromatic rings. The molecule has 0 aromatic carbocycles. The first-order valence-electron chi connectivity index (χ1n) is 0.651. The summed E-state index contributed by atoms with van der Waals surface area (Å²) < 4.78 is 0. The van der Waals surface area contributed by atoms with Crippen molar-refractivity contribution in [1.29, 1.82) is 0 Å². The molecule has 0 heterocycles. The van der Waals surface area contributed by atoms with Gasteiger partial charge in [-0.15, -0.1) is 0 Å². The van der Waals surface area contributed by atoms with Crippen molar-refractivity contribution in [3.05, 3.63) is 0 Å². The van der Waals surface area contributed by atoms with Crippen molar-refractivity contribution in [3.63, 3.8) is 0 Å². The van der Waals surface area contributed by atoms with Crippen molar-refractivity contribution < 1.29 is 20.5 Å². The Labute approximate surface area is 53.2 Å². The molecule has 40 valence electrons. The fourth-order valence-electron chi connectivity index (χ4n) is 0. The first-order valence-corrected chi connectivity index (χ1v) is 0.651. The molecule has 0 amide bonds. The molecule has 0 aliphatic carbocycles. The second-order valence-electron chi connectivity index (χ2n) is 0.283. The number of carbonyl (C=O) groups is 1. The fraction of sp³-hybridized carbons (Fsp3) is 0. The zero-order valence-corrected chi connectivity index (χ0v) is 8.51. The molecule has 0 aliphatic rings. The second-order valence-corrected chi connectivity index (χ2v) is 0.283. The molecule has 0 radical (unpaired) electrons. The van der Waals surface area contributed by atoms with Gasteiger partial charge in [-0.1, -0.05) is 0 Å². The average molecular weight is 292 g/mol. The number of hydrogen-bond donors (Lipinski definition) is 2. The van der Waals surface area contributed by atoms with Crippen molar-refractivity contribution in [2.75, 3.05) is 0 Å². The molecule has 0 aliphatic heterocycles. The third-order valence-corrected chi connectivity index (χ3v) is 0. The van der Waals surface area contributed by atoms with Crippen LogP contribution in [0.2, 0.25) is 0 Å². The number of hydrogen-bond acceptors (Lipinski definition) is 1. The van der Waals surface area contributed by atoms with Gasteiger partial charge in [-0.25, -0.2) is 4.79 Å². The van der Waals surface area contributed by atoms with Crippen LogP contribution >= 0.6 is 0 Å².